The molecule has 0 N–H and O–H groups in total. The smallest absolute Gasteiger partial charge is 0.257 e. The first-order valence-corrected chi connectivity index (χ1v) is 11.2. The minimum Gasteiger partial charge on any atom is -0.342 e. The molecule has 3 aliphatic rings. The molecule has 3 amide bonds. The highest BCUT2D eigenvalue weighted by molar-refractivity contribution is 5.96. The second kappa shape index (κ2) is 7.71. The van der Waals surface area contributed by atoms with Crippen molar-refractivity contribution in [3.05, 3.63) is 17.5 Å². The van der Waals surface area contributed by atoms with Crippen LogP contribution in [0.1, 0.15) is 49.7 Å². The maximum atomic E-state index is 13.6. The molecular formula is C22H33N5O3. The second-order valence-electron chi connectivity index (χ2n) is 9.37. The fourth-order valence-corrected chi connectivity index (χ4v) is 5.44. The molecule has 4 rings (SSSR count). The summed E-state index contributed by atoms with van der Waals surface area (Å²) in [5.41, 5.74) is 0.783. The third-order valence-electron chi connectivity index (χ3n) is 7.15. The van der Waals surface area contributed by atoms with Gasteiger partial charge in [-0.1, -0.05) is 13.8 Å². The Morgan fingerprint density at radius 1 is 1.10 bits per heavy atom. The third kappa shape index (κ3) is 3.20. The number of amides is 3. The van der Waals surface area contributed by atoms with Gasteiger partial charge in [0, 0.05) is 63.3 Å². The predicted octanol–water partition coefficient (Wildman–Crippen LogP) is 1.39. The molecule has 164 valence electrons. The lowest BCUT2D eigenvalue weighted by molar-refractivity contribution is -0.141. The molecule has 3 fully saturated rings. The van der Waals surface area contributed by atoms with Crippen LogP contribution in [0.3, 0.4) is 0 Å². The SMILES string of the molecule is CCn1ncc(C(=O)N2C[C@@H]3CN(C(=O)C(C)C)C[C@]3(C(=O)N3CCCC3)C2)c1C. The van der Waals surface area contributed by atoms with Gasteiger partial charge in [0.05, 0.1) is 17.2 Å². The summed E-state index contributed by atoms with van der Waals surface area (Å²) in [6.07, 6.45) is 3.69. The van der Waals surface area contributed by atoms with E-state index in [1.165, 1.54) is 0 Å². The number of hydrogen-bond acceptors (Lipinski definition) is 4. The van der Waals surface area contributed by atoms with Crippen LogP contribution in [0, 0.1) is 24.2 Å². The number of nitrogens with zero attached hydrogens (tertiary/aromatic N) is 5. The molecule has 0 aliphatic carbocycles. The van der Waals surface area contributed by atoms with Crippen LogP contribution in [0.25, 0.3) is 0 Å². The number of likely N-dealkylation sites (tertiary alicyclic amines) is 3. The number of aromatic nitrogens is 2. The first-order valence-electron chi connectivity index (χ1n) is 11.2. The zero-order valence-corrected chi connectivity index (χ0v) is 18.6. The molecule has 8 heteroatoms. The Morgan fingerprint density at radius 3 is 2.33 bits per heavy atom. The van der Waals surface area contributed by atoms with Gasteiger partial charge < -0.3 is 14.7 Å². The molecule has 0 aromatic carbocycles. The Morgan fingerprint density at radius 2 is 1.73 bits per heavy atom. The van der Waals surface area contributed by atoms with E-state index in [-0.39, 0.29) is 29.6 Å². The lowest BCUT2D eigenvalue weighted by atomic mass is 9.79. The Hall–Kier alpha value is -2.38. The predicted molar refractivity (Wildman–Crippen MR) is 112 cm³/mol. The molecule has 0 saturated carbocycles. The van der Waals surface area contributed by atoms with E-state index in [4.69, 9.17) is 0 Å². The van der Waals surface area contributed by atoms with Gasteiger partial charge in [-0.2, -0.15) is 5.10 Å². The number of carbonyl (C=O) groups is 3. The highest BCUT2D eigenvalue weighted by Crippen LogP contribution is 2.45. The Kier molecular flexibility index (Phi) is 5.36. The van der Waals surface area contributed by atoms with E-state index < -0.39 is 5.41 Å². The maximum absolute atomic E-state index is 13.6. The van der Waals surface area contributed by atoms with E-state index in [1.54, 1.807) is 6.20 Å². The Labute approximate surface area is 178 Å². The fourth-order valence-electron chi connectivity index (χ4n) is 5.44. The fraction of sp³-hybridized carbons (Fsp3) is 0.727. The summed E-state index contributed by atoms with van der Waals surface area (Å²) in [5.74, 6) is 0.0509. The van der Waals surface area contributed by atoms with Crippen molar-refractivity contribution in [2.75, 3.05) is 39.3 Å². The van der Waals surface area contributed by atoms with E-state index in [0.717, 1.165) is 31.6 Å². The van der Waals surface area contributed by atoms with Gasteiger partial charge >= 0.3 is 0 Å². The molecule has 0 unspecified atom stereocenters. The van der Waals surface area contributed by atoms with E-state index in [1.807, 2.05) is 47.1 Å². The summed E-state index contributed by atoms with van der Waals surface area (Å²) in [7, 11) is 0. The van der Waals surface area contributed by atoms with Gasteiger partial charge in [-0.3, -0.25) is 19.1 Å². The summed E-state index contributed by atoms with van der Waals surface area (Å²) < 4.78 is 1.82. The van der Waals surface area contributed by atoms with Gasteiger partial charge in [0.1, 0.15) is 0 Å². The minimum absolute atomic E-state index is 0.0150. The Balaban J connectivity index is 1.61. The minimum atomic E-state index is -0.681. The molecule has 0 bridgehead atoms. The van der Waals surface area contributed by atoms with Crippen molar-refractivity contribution in [2.45, 2.75) is 47.1 Å². The van der Waals surface area contributed by atoms with Crippen molar-refractivity contribution in [1.29, 1.82) is 0 Å². The maximum Gasteiger partial charge on any atom is 0.257 e. The van der Waals surface area contributed by atoms with Crippen LogP contribution in [0.15, 0.2) is 6.20 Å². The number of aryl methyl sites for hydroxylation is 1. The molecule has 3 aliphatic heterocycles. The quantitative estimate of drug-likeness (QED) is 0.745. The van der Waals surface area contributed by atoms with Gasteiger partial charge in [-0.05, 0) is 26.7 Å². The van der Waals surface area contributed by atoms with Crippen molar-refractivity contribution < 1.29 is 14.4 Å². The van der Waals surface area contributed by atoms with Crippen LogP contribution in [0.5, 0.6) is 0 Å². The zero-order valence-electron chi connectivity index (χ0n) is 18.6. The molecule has 0 spiro atoms. The lowest BCUT2D eigenvalue weighted by Crippen LogP contribution is -2.49. The van der Waals surface area contributed by atoms with Gasteiger partial charge in [-0.15, -0.1) is 0 Å². The van der Waals surface area contributed by atoms with Crippen LogP contribution in [0.4, 0.5) is 0 Å². The molecular weight excluding hydrogens is 382 g/mol. The number of hydrogen-bond donors (Lipinski definition) is 0. The molecule has 1 aromatic heterocycles. The number of carbonyl (C=O) groups excluding carboxylic acids is 3. The summed E-state index contributed by atoms with van der Waals surface area (Å²) >= 11 is 0. The standard InChI is InChI=1S/C22H33N5O3/c1-5-27-16(4)18(10-23-27)20(29)26-12-17-11-25(19(28)15(2)3)13-22(17,14-26)21(30)24-8-6-7-9-24/h10,15,17H,5-9,11-14H2,1-4H3/t17-,22-/m0/s1. The summed E-state index contributed by atoms with van der Waals surface area (Å²) in [6, 6.07) is 0. The van der Waals surface area contributed by atoms with Crippen molar-refractivity contribution in [3.8, 4) is 0 Å². The van der Waals surface area contributed by atoms with Crippen LogP contribution < -0.4 is 0 Å². The first-order chi connectivity index (χ1) is 14.3. The van der Waals surface area contributed by atoms with E-state index in [0.29, 0.717) is 38.3 Å². The number of rotatable bonds is 4. The van der Waals surface area contributed by atoms with Crippen molar-refractivity contribution >= 4 is 17.7 Å². The summed E-state index contributed by atoms with van der Waals surface area (Å²) in [6.45, 7) is 11.8. The van der Waals surface area contributed by atoms with E-state index >= 15 is 0 Å². The van der Waals surface area contributed by atoms with Gasteiger partial charge in [0.25, 0.3) is 5.91 Å². The van der Waals surface area contributed by atoms with Crippen molar-refractivity contribution in [3.63, 3.8) is 0 Å². The van der Waals surface area contributed by atoms with E-state index in [9.17, 15) is 14.4 Å². The third-order valence-corrected chi connectivity index (χ3v) is 7.15. The molecule has 8 nitrogen and oxygen atoms in total. The molecule has 3 saturated heterocycles. The lowest BCUT2D eigenvalue weighted by Gasteiger charge is -2.32. The largest absolute Gasteiger partial charge is 0.342 e. The van der Waals surface area contributed by atoms with Crippen molar-refractivity contribution in [2.24, 2.45) is 17.3 Å². The van der Waals surface area contributed by atoms with Gasteiger partial charge in [0.15, 0.2) is 0 Å². The second-order valence-corrected chi connectivity index (χ2v) is 9.37. The van der Waals surface area contributed by atoms with Crippen LogP contribution in [0.2, 0.25) is 0 Å². The zero-order chi connectivity index (χ0) is 21.6. The van der Waals surface area contributed by atoms with Gasteiger partial charge in [-0.25, -0.2) is 0 Å². The average Bonchev–Trinajstić information content (AvgIpc) is 3.48. The van der Waals surface area contributed by atoms with Crippen LogP contribution in [-0.4, -0.2) is 81.5 Å². The number of fused-ring (bicyclic) bond motifs is 1. The highest BCUT2D eigenvalue weighted by Gasteiger charge is 2.60. The van der Waals surface area contributed by atoms with Crippen LogP contribution in [-0.2, 0) is 16.1 Å². The Bertz CT molecular complexity index is 857. The topological polar surface area (TPSA) is 78.8 Å². The first kappa shape index (κ1) is 20.9. The monoisotopic (exact) mass is 415 g/mol. The molecule has 0 radical (unpaired) electrons. The van der Waals surface area contributed by atoms with Crippen molar-refractivity contribution in [1.82, 2.24) is 24.5 Å². The molecule has 2 atom stereocenters. The van der Waals surface area contributed by atoms with Crippen LogP contribution >= 0.6 is 0 Å². The average molecular weight is 416 g/mol. The van der Waals surface area contributed by atoms with E-state index in [2.05, 4.69) is 5.10 Å². The molecule has 4 heterocycles. The molecule has 30 heavy (non-hydrogen) atoms. The molecule has 1 aromatic rings. The summed E-state index contributed by atoms with van der Waals surface area (Å²) in [4.78, 5) is 45.3. The van der Waals surface area contributed by atoms with Gasteiger partial charge in [0.2, 0.25) is 11.8 Å². The summed E-state index contributed by atoms with van der Waals surface area (Å²) in [5, 5.41) is 4.31. The normalized spacial score (nSPS) is 26.0. The highest BCUT2D eigenvalue weighted by atomic mass is 16.2.